The predicted octanol–water partition coefficient (Wildman–Crippen LogP) is 1.25. The molecule has 1 N–H and O–H groups in total. The van der Waals surface area contributed by atoms with E-state index in [-0.39, 0.29) is 12.5 Å². The number of carbonyl (C=O) groups excluding carboxylic acids is 2. The van der Waals surface area contributed by atoms with Gasteiger partial charge in [-0.3, -0.25) is 9.59 Å². The highest BCUT2D eigenvalue weighted by Gasteiger charge is 2.60. The van der Waals surface area contributed by atoms with Crippen molar-refractivity contribution >= 4 is 23.5 Å². The third-order valence-corrected chi connectivity index (χ3v) is 4.01. The van der Waals surface area contributed by atoms with Crippen molar-refractivity contribution in [3.8, 4) is 0 Å². The quantitative estimate of drug-likeness (QED) is 0.619. The molecule has 1 rings (SSSR count). The van der Waals surface area contributed by atoms with Crippen LogP contribution in [0.1, 0.15) is 34.1 Å². The van der Waals surface area contributed by atoms with Crippen molar-refractivity contribution in [2.24, 2.45) is 5.92 Å². The highest BCUT2D eigenvalue weighted by Crippen LogP contribution is 2.37. The molecular weight excluding hydrogens is 260 g/mol. The third-order valence-electron chi connectivity index (χ3n) is 3.47. The molecule has 0 aromatic heterocycles. The number of rotatable bonds is 4. The fraction of sp³-hybridized carbons (Fsp3) is 0.833. The molecule has 0 amide bonds. The van der Waals surface area contributed by atoms with Crippen LogP contribution in [0, 0.1) is 5.92 Å². The molecule has 0 spiro atoms. The summed E-state index contributed by atoms with van der Waals surface area (Å²) in [5.74, 6) is -1.41. The van der Waals surface area contributed by atoms with Crippen molar-refractivity contribution in [2.45, 2.75) is 50.7 Å². The van der Waals surface area contributed by atoms with Crippen LogP contribution in [-0.2, 0) is 19.1 Å². The Kier molecular flexibility index (Phi) is 4.28. The van der Waals surface area contributed by atoms with E-state index in [9.17, 15) is 14.7 Å². The zero-order valence-corrected chi connectivity index (χ0v) is 11.8. The van der Waals surface area contributed by atoms with Crippen LogP contribution >= 0.6 is 11.6 Å². The molecule has 3 unspecified atom stereocenters. The van der Waals surface area contributed by atoms with Gasteiger partial charge >= 0.3 is 11.9 Å². The summed E-state index contributed by atoms with van der Waals surface area (Å²) in [5, 5.41) is 9.17. The van der Waals surface area contributed by atoms with Crippen molar-refractivity contribution in [1.29, 1.82) is 0 Å². The Morgan fingerprint density at radius 1 is 1.72 bits per heavy atom. The minimum atomic E-state index is -1.71. The molecule has 1 saturated heterocycles. The van der Waals surface area contributed by atoms with E-state index in [1.807, 2.05) is 6.92 Å². The summed E-state index contributed by atoms with van der Waals surface area (Å²) in [7, 11) is 0. The number of carbonyl (C=O) groups is 2. The van der Waals surface area contributed by atoms with E-state index in [1.54, 1.807) is 6.92 Å². The van der Waals surface area contributed by atoms with Crippen molar-refractivity contribution in [2.75, 3.05) is 6.61 Å². The van der Waals surface area contributed by atoms with Crippen molar-refractivity contribution in [3.05, 3.63) is 0 Å². The summed E-state index contributed by atoms with van der Waals surface area (Å²) in [5.41, 5.74) is -3.01. The molecule has 0 aromatic rings. The Labute approximate surface area is 111 Å². The number of ether oxygens (including phenoxy) is 2. The van der Waals surface area contributed by atoms with Crippen molar-refractivity contribution in [3.63, 3.8) is 0 Å². The number of hydrogen-bond donors (Lipinski definition) is 1. The van der Waals surface area contributed by atoms with E-state index in [0.717, 1.165) is 0 Å². The molecule has 0 bridgehead atoms. The second kappa shape index (κ2) is 5.05. The van der Waals surface area contributed by atoms with Crippen LogP contribution < -0.4 is 0 Å². The lowest BCUT2D eigenvalue weighted by Crippen LogP contribution is -2.59. The maximum atomic E-state index is 11.8. The minimum Gasteiger partial charge on any atom is -0.461 e. The summed E-state index contributed by atoms with van der Waals surface area (Å²) in [6, 6.07) is 0. The Balaban J connectivity index is 2.86. The monoisotopic (exact) mass is 278 g/mol. The molecular formula is C12H19ClO5. The highest BCUT2D eigenvalue weighted by atomic mass is 35.5. The summed E-state index contributed by atoms with van der Waals surface area (Å²) in [6.07, 6.45) is 0.632. The van der Waals surface area contributed by atoms with Gasteiger partial charge in [0.15, 0.2) is 11.0 Å². The number of halogens is 1. The maximum Gasteiger partial charge on any atom is 0.327 e. The second-order valence-corrected chi connectivity index (χ2v) is 5.57. The van der Waals surface area contributed by atoms with Crippen LogP contribution in [0.3, 0.4) is 0 Å². The van der Waals surface area contributed by atoms with Gasteiger partial charge in [0.05, 0.1) is 5.92 Å². The zero-order valence-electron chi connectivity index (χ0n) is 11.0. The standard InChI is InChI=1S/C12H19ClO5/c1-5-7(2)9(14)18-11(3,4)12(16)6-17-10(15)8(12)13/h7-8,16H,5-6H2,1-4H3. The topological polar surface area (TPSA) is 72.8 Å². The molecule has 1 aliphatic heterocycles. The highest BCUT2D eigenvalue weighted by molar-refractivity contribution is 6.31. The van der Waals surface area contributed by atoms with Gasteiger partial charge in [0.1, 0.15) is 12.2 Å². The van der Waals surface area contributed by atoms with Gasteiger partial charge < -0.3 is 14.6 Å². The van der Waals surface area contributed by atoms with Gasteiger partial charge in [-0.2, -0.15) is 0 Å². The van der Waals surface area contributed by atoms with E-state index in [4.69, 9.17) is 21.1 Å². The molecule has 0 aromatic carbocycles. The van der Waals surface area contributed by atoms with Crippen LogP contribution in [0.25, 0.3) is 0 Å². The van der Waals surface area contributed by atoms with Crippen LogP contribution in [0.4, 0.5) is 0 Å². The third kappa shape index (κ3) is 2.47. The average molecular weight is 279 g/mol. The van der Waals surface area contributed by atoms with E-state index in [2.05, 4.69) is 0 Å². The summed E-state index contributed by atoms with van der Waals surface area (Å²) in [4.78, 5) is 23.0. The van der Waals surface area contributed by atoms with Gasteiger partial charge in [-0.25, -0.2) is 0 Å². The normalized spacial score (nSPS) is 29.9. The van der Waals surface area contributed by atoms with E-state index in [0.29, 0.717) is 6.42 Å². The molecule has 104 valence electrons. The predicted molar refractivity (Wildman–Crippen MR) is 65.2 cm³/mol. The fourth-order valence-corrected chi connectivity index (χ4v) is 2.00. The largest absolute Gasteiger partial charge is 0.461 e. The van der Waals surface area contributed by atoms with Gasteiger partial charge in [-0.05, 0) is 20.3 Å². The molecule has 0 radical (unpaired) electrons. The van der Waals surface area contributed by atoms with Crippen molar-refractivity contribution < 1.29 is 24.2 Å². The lowest BCUT2D eigenvalue weighted by molar-refractivity contribution is -0.190. The zero-order chi connectivity index (χ0) is 14.1. The molecule has 1 fully saturated rings. The summed E-state index contributed by atoms with van der Waals surface area (Å²) in [6.45, 7) is 6.35. The first-order chi connectivity index (χ1) is 8.15. The smallest absolute Gasteiger partial charge is 0.327 e. The van der Waals surface area contributed by atoms with Gasteiger partial charge in [-0.1, -0.05) is 13.8 Å². The van der Waals surface area contributed by atoms with Gasteiger partial charge in [0, 0.05) is 0 Å². The number of esters is 2. The van der Waals surface area contributed by atoms with E-state index < -0.39 is 28.5 Å². The lowest BCUT2D eigenvalue weighted by atomic mass is 9.84. The van der Waals surface area contributed by atoms with Crippen LogP contribution in [0.15, 0.2) is 0 Å². The SMILES string of the molecule is CCC(C)C(=O)OC(C)(C)C1(O)COC(=O)C1Cl. The minimum absolute atomic E-state index is 0.277. The summed E-state index contributed by atoms with van der Waals surface area (Å²) >= 11 is 5.84. The molecule has 1 heterocycles. The first-order valence-electron chi connectivity index (χ1n) is 5.91. The molecule has 18 heavy (non-hydrogen) atoms. The number of alkyl halides is 1. The van der Waals surface area contributed by atoms with E-state index >= 15 is 0 Å². The number of hydrogen-bond acceptors (Lipinski definition) is 5. The van der Waals surface area contributed by atoms with Gasteiger partial charge in [0.2, 0.25) is 0 Å². The van der Waals surface area contributed by atoms with Gasteiger partial charge in [0.25, 0.3) is 0 Å². The Morgan fingerprint density at radius 2 is 2.28 bits per heavy atom. The molecule has 0 saturated carbocycles. The maximum absolute atomic E-state index is 11.8. The number of cyclic esters (lactones) is 1. The molecule has 0 aliphatic carbocycles. The Bertz CT molecular complexity index is 354. The van der Waals surface area contributed by atoms with Crippen LogP contribution in [0.5, 0.6) is 0 Å². The molecule has 1 aliphatic rings. The average Bonchev–Trinajstić information content (AvgIpc) is 2.57. The van der Waals surface area contributed by atoms with Crippen molar-refractivity contribution in [1.82, 2.24) is 0 Å². The Morgan fingerprint density at radius 3 is 2.67 bits per heavy atom. The first-order valence-corrected chi connectivity index (χ1v) is 6.35. The second-order valence-electron chi connectivity index (χ2n) is 5.14. The molecule has 6 heteroatoms. The Hall–Kier alpha value is -0.810. The first kappa shape index (κ1) is 15.2. The van der Waals surface area contributed by atoms with Gasteiger partial charge in [-0.15, -0.1) is 11.6 Å². The lowest BCUT2D eigenvalue weighted by Gasteiger charge is -2.39. The fourth-order valence-electron chi connectivity index (χ4n) is 1.61. The molecule has 5 nitrogen and oxygen atoms in total. The van der Waals surface area contributed by atoms with Crippen LogP contribution in [0.2, 0.25) is 0 Å². The molecule has 3 atom stereocenters. The van der Waals surface area contributed by atoms with Crippen LogP contribution in [-0.4, -0.2) is 40.2 Å². The summed E-state index contributed by atoms with van der Waals surface area (Å²) < 4.78 is 10.0. The number of aliphatic hydroxyl groups is 1. The van der Waals surface area contributed by atoms with E-state index in [1.165, 1.54) is 13.8 Å².